The summed E-state index contributed by atoms with van der Waals surface area (Å²) in [6, 6.07) is 15.9. The van der Waals surface area contributed by atoms with Gasteiger partial charge in [0.2, 0.25) is 5.91 Å². The topological polar surface area (TPSA) is 41.6 Å². The monoisotopic (exact) mass is 406 g/mol. The van der Waals surface area contributed by atoms with Crippen molar-refractivity contribution in [1.29, 1.82) is 0 Å². The van der Waals surface area contributed by atoms with Crippen molar-refractivity contribution in [2.75, 3.05) is 26.2 Å². The number of fused-ring (bicyclic) bond motifs is 1. The Morgan fingerprint density at radius 1 is 1.15 bits per heavy atom. The number of ether oxygens (including phenoxy) is 1. The van der Waals surface area contributed by atoms with E-state index in [1.165, 1.54) is 0 Å². The van der Waals surface area contributed by atoms with E-state index >= 15 is 0 Å². The van der Waals surface area contributed by atoms with Gasteiger partial charge < -0.3 is 15.0 Å². The van der Waals surface area contributed by atoms with Crippen LogP contribution in [0.25, 0.3) is 0 Å². The predicted molar refractivity (Wildman–Crippen MR) is 110 cm³/mol. The summed E-state index contributed by atoms with van der Waals surface area (Å²) in [5.74, 6) is 1.33. The van der Waals surface area contributed by atoms with Crippen molar-refractivity contribution >= 4 is 29.9 Å². The molecule has 27 heavy (non-hydrogen) atoms. The van der Waals surface area contributed by atoms with Gasteiger partial charge in [0.1, 0.15) is 5.75 Å². The number of benzene rings is 2. The number of nitrogens with one attached hydrogen (secondary N) is 1. The van der Waals surface area contributed by atoms with Gasteiger partial charge in [-0.15, -0.1) is 12.4 Å². The fraction of sp³-hybridized carbons (Fsp3) is 0.381. The van der Waals surface area contributed by atoms with Crippen molar-refractivity contribution in [2.24, 2.45) is 0 Å². The first-order valence-corrected chi connectivity index (χ1v) is 9.58. The van der Waals surface area contributed by atoms with E-state index in [1.54, 1.807) is 0 Å². The first kappa shape index (κ1) is 20.0. The highest BCUT2D eigenvalue weighted by Crippen LogP contribution is 2.37. The van der Waals surface area contributed by atoms with Crippen LogP contribution in [0.2, 0.25) is 5.02 Å². The van der Waals surface area contributed by atoms with E-state index in [1.807, 2.05) is 47.4 Å². The molecule has 2 aromatic carbocycles. The molecule has 2 heterocycles. The molecule has 0 bridgehead atoms. The molecule has 1 saturated heterocycles. The van der Waals surface area contributed by atoms with Gasteiger partial charge >= 0.3 is 0 Å². The fourth-order valence-electron chi connectivity index (χ4n) is 3.98. The molecule has 2 unspecified atom stereocenters. The Balaban J connectivity index is 0.00000210. The van der Waals surface area contributed by atoms with Crippen LogP contribution in [0.3, 0.4) is 0 Å². The molecule has 4 rings (SSSR count). The minimum absolute atomic E-state index is 0. The van der Waals surface area contributed by atoms with Gasteiger partial charge in [-0.1, -0.05) is 48.0 Å². The van der Waals surface area contributed by atoms with Crippen molar-refractivity contribution in [3.05, 3.63) is 64.7 Å². The van der Waals surface area contributed by atoms with Crippen LogP contribution in [0.15, 0.2) is 48.5 Å². The van der Waals surface area contributed by atoms with E-state index in [4.69, 9.17) is 16.3 Å². The smallest absolute Gasteiger partial charge is 0.223 e. The maximum atomic E-state index is 13.2. The summed E-state index contributed by atoms with van der Waals surface area (Å²) in [7, 11) is 0. The van der Waals surface area contributed by atoms with Gasteiger partial charge in [-0.3, -0.25) is 4.79 Å². The van der Waals surface area contributed by atoms with Gasteiger partial charge in [-0.05, 0) is 35.6 Å². The van der Waals surface area contributed by atoms with Crippen LogP contribution in [0.1, 0.15) is 35.9 Å². The van der Waals surface area contributed by atoms with E-state index in [2.05, 4.69) is 11.4 Å². The summed E-state index contributed by atoms with van der Waals surface area (Å²) in [6.45, 7) is 2.93. The summed E-state index contributed by atoms with van der Waals surface area (Å²) in [6.07, 6.45) is 1.40. The van der Waals surface area contributed by atoms with Crippen molar-refractivity contribution in [2.45, 2.75) is 24.8 Å². The summed E-state index contributed by atoms with van der Waals surface area (Å²) in [5.41, 5.74) is 2.17. The molecule has 0 radical (unpaired) electrons. The van der Waals surface area contributed by atoms with Crippen molar-refractivity contribution in [3.8, 4) is 5.75 Å². The minimum atomic E-state index is -0.0139. The molecule has 144 valence electrons. The lowest BCUT2D eigenvalue weighted by Gasteiger charge is -2.38. The van der Waals surface area contributed by atoms with Crippen LogP contribution >= 0.6 is 24.0 Å². The highest BCUT2D eigenvalue weighted by molar-refractivity contribution is 6.31. The number of rotatable bonds is 3. The Kier molecular flexibility index (Phi) is 6.64. The third kappa shape index (κ3) is 4.23. The largest absolute Gasteiger partial charge is 0.493 e. The molecule has 0 aromatic heterocycles. The standard InChI is InChI=1S/C21H23ClN2O2.ClH/c22-18-7-3-1-6-17(18)19-14-23-10-11-24(19)21(25)13-15-9-12-26-20-8-4-2-5-16(15)20;/h1-8,15,19,23H,9-14H2;1H. The molecule has 1 N–H and O–H groups in total. The van der Waals surface area contributed by atoms with Crippen molar-refractivity contribution in [1.82, 2.24) is 10.2 Å². The van der Waals surface area contributed by atoms with Gasteiger partial charge in [-0.25, -0.2) is 0 Å². The van der Waals surface area contributed by atoms with E-state index in [0.29, 0.717) is 19.6 Å². The number of carbonyl (C=O) groups excluding carboxylic acids is 1. The number of nitrogens with zero attached hydrogens (tertiary/aromatic N) is 1. The number of hydrogen-bond acceptors (Lipinski definition) is 3. The van der Waals surface area contributed by atoms with Crippen molar-refractivity contribution < 1.29 is 9.53 Å². The molecule has 6 heteroatoms. The minimum Gasteiger partial charge on any atom is -0.493 e. The first-order valence-electron chi connectivity index (χ1n) is 9.20. The van der Waals surface area contributed by atoms with E-state index in [-0.39, 0.29) is 30.3 Å². The Hall–Kier alpha value is -1.75. The van der Waals surface area contributed by atoms with E-state index in [9.17, 15) is 4.79 Å². The average molecular weight is 407 g/mol. The summed E-state index contributed by atoms with van der Waals surface area (Å²) >= 11 is 6.40. The quantitative estimate of drug-likeness (QED) is 0.830. The molecular weight excluding hydrogens is 383 g/mol. The number of halogens is 2. The zero-order valence-corrected chi connectivity index (χ0v) is 16.6. The SMILES string of the molecule is Cl.O=C(CC1CCOc2ccccc21)N1CCNCC1c1ccccc1Cl. The zero-order chi connectivity index (χ0) is 17.9. The molecule has 2 aliphatic rings. The highest BCUT2D eigenvalue weighted by atomic mass is 35.5. The molecular formula is C21H24Cl2N2O2. The van der Waals surface area contributed by atoms with E-state index in [0.717, 1.165) is 41.4 Å². The summed E-state index contributed by atoms with van der Waals surface area (Å²) in [4.78, 5) is 15.2. The van der Waals surface area contributed by atoms with Gasteiger partial charge in [0.25, 0.3) is 0 Å². The number of para-hydroxylation sites is 1. The summed E-state index contributed by atoms with van der Waals surface area (Å²) < 4.78 is 5.73. The third-order valence-electron chi connectivity index (χ3n) is 5.33. The molecule has 2 atom stereocenters. The second kappa shape index (κ2) is 8.96. The van der Waals surface area contributed by atoms with Crippen LogP contribution in [0.4, 0.5) is 0 Å². The number of piperazine rings is 1. The van der Waals surface area contributed by atoms with Crippen LogP contribution in [0, 0.1) is 0 Å². The molecule has 1 amide bonds. The van der Waals surface area contributed by atoms with Crippen LogP contribution in [-0.2, 0) is 4.79 Å². The van der Waals surface area contributed by atoms with Crippen molar-refractivity contribution in [3.63, 3.8) is 0 Å². The van der Waals surface area contributed by atoms with Gasteiger partial charge in [-0.2, -0.15) is 0 Å². The second-order valence-electron chi connectivity index (χ2n) is 6.90. The van der Waals surface area contributed by atoms with Crippen LogP contribution in [0.5, 0.6) is 5.75 Å². The second-order valence-corrected chi connectivity index (χ2v) is 7.31. The molecule has 2 aromatic rings. The van der Waals surface area contributed by atoms with Gasteiger partial charge in [0.05, 0.1) is 12.6 Å². The van der Waals surface area contributed by atoms with Gasteiger partial charge in [0.15, 0.2) is 0 Å². The fourth-order valence-corrected chi connectivity index (χ4v) is 4.24. The Morgan fingerprint density at radius 3 is 2.70 bits per heavy atom. The normalized spacial score (nSPS) is 21.6. The number of hydrogen-bond donors (Lipinski definition) is 1. The van der Waals surface area contributed by atoms with Crippen LogP contribution < -0.4 is 10.1 Å². The molecule has 4 nitrogen and oxygen atoms in total. The Morgan fingerprint density at radius 2 is 1.89 bits per heavy atom. The number of carbonyl (C=O) groups is 1. The Labute approximate surface area is 171 Å². The lowest BCUT2D eigenvalue weighted by molar-refractivity contribution is -0.135. The summed E-state index contributed by atoms with van der Waals surface area (Å²) in [5, 5.41) is 4.11. The predicted octanol–water partition coefficient (Wildman–Crippen LogP) is 4.19. The van der Waals surface area contributed by atoms with Crippen LogP contribution in [-0.4, -0.2) is 37.0 Å². The maximum Gasteiger partial charge on any atom is 0.223 e. The molecule has 1 fully saturated rings. The molecule has 0 aliphatic carbocycles. The maximum absolute atomic E-state index is 13.2. The number of amides is 1. The average Bonchev–Trinajstić information content (AvgIpc) is 2.69. The molecule has 2 aliphatic heterocycles. The third-order valence-corrected chi connectivity index (χ3v) is 5.68. The molecule has 0 saturated carbocycles. The molecule has 0 spiro atoms. The Bertz CT molecular complexity index is 799. The lowest BCUT2D eigenvalue weighted by Crippen LogP contribution is -2.49. The van der Waals surface area contributed by atoms with Gasteiger partial charge in [0, 0.05) is 31.1 Å². The first-order chi connectivity index (χ1) is 12.7. The van der Waals surface area contributed by atoms with E-state index < -0.39 is 0 Å². The zero-order valence-electron chi connectivity index (χ0n) is 15.1. The lowest BCUT2D eigenvalue weighted by atomic mass is 9.89. The highest BCUT2D eigenvalue weighted by Gasteiger charge is 2.32.